The summed E-state index contributed by atoms with van der Waals surface area (Å²) in [7, 11) is 0. The van der Waals surface area contributed by atoms with Gasteiger partial charge in [-0.25, -0.2) is 4.98 Å². The average Bonchev–Trinajstić information content (AvgIpc) is 2.36. The third-order valence-electron chi connectivity index (χ3n) is 2.31. The second kappa shape index (κ2) is 7.89. The minimum Gasteiger partial charge on any atom is -0.382 e. The van der Waals surface area contributed by atoms with Crippen molar-refractivity contribution in [2.45, 2.75) is 19.8 Å². The van der Waals surface area contributed by atoms with E-state index in [0.717, 1.165) is 19.4 Å². The maximum absolute atomic E-state index is 11.7. The summed E-state index contributed by atoms with van der Waals surface area (Å²) in [6.07, 6.45) is 3.53. The fourth-order valence-corrected chi connectivity index (χ4v) is 1.43. The highest BCUT2D eigenvalue weighted by atomic mass is 35.5. The predicted octanol–water partition coefficient (Wildman–Crippen LogP) is 1.86. The Hall–Kier alpha value is -1.33. The second-order valence-corrected chi connectivity index (χ2v) is 4.22. The number of amides is 1. The molecule has 0 aliphatic carbocycles. The van der Waals surface area contributed by atoms with Crippen molar-refractivity contribution in [3.63, 3.8) is 0 Å². The van der Waals surface area contributed by atoms with E-state index in [0.29, 0.717) is 18.7 Å². The molecule has 0 unspecified atom stereocenters. The van der Waals surface area contributed by atoms with Crippen LogP contribution in [0.25, 0.3) is 0 Å². The van der Waals surface area contributed by atoms with Gasteiger partial charge < -0.3 is 15.8 Å². The molecule has 1 aromatic heterocycles. The number of pyridine rings is 1. The lowest BCUT2D eigenvalue weighted by atomic mass is 10.2. The zero-order valence-corrected chi connectivity index (χ0v) is 11.2. The van der Waals surface area contributed by atoms with Crippen LogP contribution < -0.4 is 11.1 Å². The summed E-state index contributed by atoms with van der Waals surface area (Å²) in [5, 5.41) is 3.00. The molecule has 0 saturated carbocycles. The van der Waals surface area contributed by atoms with Crippen LogP contribution in [0.4, 0.5) is 5.82 Å². The normalized spacial score (nSPS) is 10.3. The van der Waals surface area contributed by atoms with Crippen LogP contribution in [-0.2, 0) is 4.74 Å². The molecule has 1 rings (SSSR count). The first kappa shape index (κ1) is 14.7. The van der Waals surface area contributed by atoms with Crippen molar-refractivity contribution < 1.29 is 9.53 Å². The molecular formula is C12H18ClN3O2. The number of nitrogens with one attached hydrogen (secondary N) is 1. The summed E-state index contributed by atoms with van der Waals surface area (Å²) >= 11 is 5.78. The van der Waals surface area contributed by atoms with Gasteiger partial charge in [-0.05, 0) is 12.5 Å². The summed E-state index contributed by atoms with van der Waals surface area (Å²) in [6, 6.07) is 1.50. The lowest BCUT2D eigenvalue weighted by molar-refractivity contribution is 0.0912. The van der Waals surface area contributed by atoms with Crippen molar-refractivity contribution in [3.8, 4) is 0 Å². The molecule has 0 saturated heterocycles. The summed E-state index contributed by atoms with van der Waals surface area (Å²) in [4.78, 5) is 15.5. The molecule has 0 aliphatic rings. The largest absolute Gasteiger partial charge is 0.382 e. The Kier molecular flexibility index (Phi) is 6.46. The third kappa shape index (κ3) is 4.89. The summed E-state index contributed by atoms with van der Waals surface area (Å²) in [6.45, 7) is 3.79. The topological polar surface area (TPSA) is 77.2 Å². The van der Waals surface area contributed by atoms with Crippen molar-refractivity contribution in [3.05, 3.63) is 22.8 Å². The Morgan fingerprint density at radius 3 is 3.00 bits per heavy atom. The first-order valence-corrected chi connectivity index (χ1v) is 6.30. The van der Waals surface area contributed by atoms with Gasteiger partial charge in [0.05, 0.1) is 17.2 Å². The quantitative estimate of drug-likeness (QED) is 0.742. The molecule has 1 heterocycles. The number of nitrogens with two attached hydrogens (primary N) is 1. The Morgan fingerprint density at radius 1 is 1.56 bits per heavy atom. The Morgan fingerprint density at radius 2 is 2.33 bits per heavy atom. The average molecular weight is 272 g/mol. The van der Waals surface area contributed by atoms with E-state index < -0.39 is 0 Å². The third-order valence-corrected chi connectivity index (χ3v) is 2.61. The summed E-state index contributed by atoms with van der Waals surface area (Å²) in [5.41, 5.74) is 5.85. The lowest BCUT2D eigenvalue weighted by Gasteiger charge is -2.06. The van der Waals surface area contributed by atoms with Crippen molar-refractivity contribution in [1.82, 2.24) is 10.3 Å². The number of rotatable bonds is 7. The monoisotopic (exact) mass is 271 g/mol. The van der Waals surface area contributed by atoms with Gasteiger partial charge in [-0.3, -0.25) is 4.79 Å². The molecule has 0 aromatic carbocycles. The van der Waals surface area contributed by atoms with Gasteiger partial charge in [-0.2, -0.15) is 0 Å². The smallest absolute Gasteiger partial charge is 0.252 e. The standard InChI is InChI=1S/C12H18ClN3O2/c1-2-3-5-18-6-4-15-12(17)9-7-10(13)11(14)16-8-9/h7-8H,2-6H2,1H3,(H2,14,16)(H,15,17). The molecule has 100 valence electrons. The van der Waals surface area contributed by atoms with Crippen LogP contribution in [0.5, 0.6) is 0 Å². The minimum atomic E-state index is -0.233. The number of carbonyl (C=O) groups is 1. The number of ether oxygens (including phenoxy) is 1. The van der Waals surface area contributed by atoms with E-state index >= 15 is 0 Å². The van der Waals surface area contributed by atoms with Gasteiger partial charge in [-0.15, -0.1) is 0 Å². The van der Waals surface area contributed by atoms with Crippen molar-refractivity contribution >= 4 is 23.3 Å². The van der Waals surface area contributed by atoms with E-state index in [2.05, 4.69) is 17.2 Å². The number of hydrogen-bond acceptors (Lipinski definition) is 4. The van der Waals surface area contributed by atoms with Crippen LogP contribution in [0.1, 0.15) is 30.1 Å². The fraction of sp³-hybridized carbons (Fsp3) is 0.500. The molecule has 0 bridgehead atoms. The first-order valence-electron chi connectivity index (χ1n) is 5.92. The van der Waals surface area contributed by atoms with Crippen LogP contribution in [0.15, 0.2) is 12.3 Å². The zero-order chi connectivity index (χ0) is 13.4. The maximum atomic E-state index is 11.7. The summed E-state index contributed by atoms with van der Waals surface area (Å²) in [5.74, 6) is -0.0143. The zero-order valence-electron chi connectivity index (χ0n) is 10.4. The molecule has 0 atom stereocenters. The van der Waals surface area contributed by atoms with Crippen molar-refractivity contribution in [1.29, 1.82) is 0 Å². The van der Waals surface area contributed by atoms with Gasteiger partial charge in [0.25, 0.3) is 5.91 Å². The second-order valence-electron chi connectivity index (χ2n) is 3.81. The molecule has 1 aromatic rings. The minimum absolute atomic E-state index is 0.219. The van der Waals surface area contributed by atoms with Crippen LogP contribution in [0, 0.1) is 0 Å². The van der Waals surface area contributed by atoms with Crippen molar-refractivity contribution in [2.75, 3.05) is 25.5 Å². The fourth-order valence-electron chi connectivity index (χ4n) is 1.26. The number of unbranched alkanes of at least 4 members (excludes halogenated alkanes) is 1. The molecule has 6 heteroatoms. The van der Waals surface area contributed by atoms with Crippen LogP contribution in [-0.4, -0.2) is 30.6 Å². The van der Waals surface area contributed by atoms with Gasteiger partial charge in [0.2, 0.25) is 0 Å². The van der Waals surface area contributed by atoms with E-state index in [1.54, 1.807) is 0 Å². The molecule has 5 nitrogen and oxygen atoms in total. The van der Waals surface area contributed by atoms with Crippen LogP contribution in [0.3, 0.4) is 0 Å². The Labute approximate surface area is 112 Å². The number of nitrogen functional groups attached to an aromatic ring is 1. The highest BCUT2D eigenvalue weighted by Gasteiger charge is 2.07. The number of halogens is 1. The number of aromatic nitrogens is 1. The Bertz CT molecular complexity index is 399. The number of anilines is 1. The SMILES string of the molecule is CCCCOCCNC(=O)c1cnc(N)c(Cl)c1. The van der Waals surface area contributed by atoms with E-state index in [-0.39, 0.29) is 16.7 Å². The molecule has 1 amide bonds. The molecule has 0 radical (unpaired) electrons. The number of carbonyl (C=O) groups excluding carboxylic acids is 1. The van der Waals surface area contributed by atoms with Gasteiger partial charge >= 0.3 is 0 Å². The van der Waals surface area contributed by atoms with Gasteiger partial charge in [0.15, 0.2) is 0 Å². The molecule has 0 aliphatic heterocycles. The van der Waals surface area contributed by atoms with E-state index in [1.165, 1.54) is 12.3 Å². The van der Waals surface area contributed by atoms with E-state index in [4.69, 9.17) is 22.1 Å². The van der Waals surface area contributed by atoms with Gasteiger partial charge in [-0.1, -0.05) is 24.9 Å². The molecule has 0 spiro atoms. The predicted molar refractivity (Wildman–Crippen MR) is 71.7 cm³/mol. The number of nitrogens with zero attached hydrogens (tertiary/aromatic N) is 1. The van der Waals surface area contributed by atoms with E-state index in [9.17, 15) is 4.79 Å². The molecule has 3 N–H and O–H groups in total. The van der Waals surface area contributed by atoms with E-state index in [1.807, 2.05) is 0 Å². The molecule has 0 fully saturated rings. The molecule has 18 heavy (non-hydrogen) atoms. The van der Waals surface area contributed by atoms with Crippen LogP contribution in [0.2, 0.25) is 5.02 Å². The van der Waals surface area contributed by atoms with Crippen molar-refractivity contribution in [2.24, 2.45) is 0 Å². The first-order chi connectivity index (χ1) is 8.65. The summed E-state index contributed by atoms with van der Waals surface area (Å²) < 4.78 is 5.33. The van der Waals surface area contributed by atoms with Gasteiger partial charge in [0.1, 0.15) is 5.82 Å². The van der Waals surface area contributed by atoms with Gasteiger partial charge in [0, 0.05) is 19.3 Å². The molecular weight excluding hydrogens is 254 g/mol. The maximum Gasteiger partial charge on any atom is 0.252 e. The highest BCUT2D eigenvalue weighted by molar-refractivity contribution is 6.33. The highest BCUT2D eigenvalue weighted by Crippen LogP contribution is 2.16. The number of hydrogen-bond donors (Lipinski definition) is 2. The van der Waals surface area contributed by atoms with Crippen LogP contribution >= 0.6 is 11.6 Å². The Balaban J connectivity index is 2.30. The lowest BCUT2D eigenvalue weighted by Crippen LogP contribution is -2.27.